The van der Waals surface area contributed by atoms with E-state index in [1.807, 2.05) is 6.07 Å². The van der Waals surface area contributed by atoms with Crippen LogP contribution in [0.4, 0.5) is 5.69 Å². The summed E-state index contributed by atoms with van der Waals surface area (Å²) in [6.45, 7) is 3.13. The molecule has 0 amide bonds. The van der Waals surface area contributed by atoms with Crippen molar-refractivity contribution < 1.29 is 9.90 Å². The molecule has 0 aromatic heterocycles. The molecule has 0 heterocycles. The van der Waals surface area contributed by atoms with Crippen molar-refractivity contribution in [2.75, 3.05) is 11.9 Å². The van der Waals surface area contributed by atoms with Crippen molar-refractivity contribution in [3.63, 3.8) is 0 Å². The zero-order valence-corrected chi connectivity index (χ0v) is 12.8. The summed E-state index contributed by atoms with van der Waals surface area (Å²) in [7, 11) is 0. The predicted molar refractivity (Wildman–Crippen MR) is 80.8 cm³/mol. The molecule has 3 nitrogen and oxygen atoms in total. The molecule has 0 saturated heterocycles. The van der Waals surface area contributed by atoms with Gasteiger partial charge < -0.3 is 10.4 Å². The van der Waals surface area contributed by atoms with Gasteiger partial charge in [-0.15, -0.1) is 0 Å². The zero-order valence-electron chi connectivity index (χ0n) is 11.2. The van der Waals surface area contributed by atoms with Crippen LogP contribution in [0.15, 0.2) is 22.7 Å². The molecule has 2 N–H and O–H groups in total. The van der Waals surface area contributed by atoms with Crippen LogP contribution in [0.2, 0.25) is 0 Å². The molecule has 19 heavy (non-hydrogen) atoms. The summed E-state index contributed by atoms with van der Waals surface area (Å²) in [5.41, 5.74) is 1.33. The highest BCUT2D eigenvalue weighted by Crippen LogP contribution is 2.36. The maximum Gasteiger partial charge on any atom is 0.337 e. The number of benzene rings is 1. The smallest absolute Gasteiger partial charge is 0.337 e. The lowest BCUT2D eigenvalue weighted by atomic mass is 9.75. The van der Waals surface area contributed by atoms with Gasteiger partial charge >= 0.3 is 5.97 Å². The van der Waals surface area contributed by atoms with Crippen molar-refractivity contribution in [1.82, 2.24) is 0 Å². The summed E-state index contributed by atoms with van der Waals surface area (Å²) in [6.07, 6.45) is 6.32. The average molecular weight is 326 g/mol. The number of carboxylic acid groups (broad SMARTS) is 1. The van der Waals surface area contributed by atoms with Crippen molar-refractivity contribution in [3.05, 3.63) is 28.2 Å². The second-order valence-electron chi connectivity index (χ2n) is 5.72. The van der Waals surface area contributed by atoms with Crippen LogP contribution in [-0.2, 0) is 0 Å². The number of hydrogen-bond acceptors (Lipinski definition) is 2. The van der Waals surface area contributed by atoms with E-state index in [2.05, 4.69) is 28.2 Å². The summed E-state index contributed by atoms with van der Waals surface area (Å²) in [5, 5.41) is 12.5. The number of hydrogen-bond donors (Lipinski definition) is 2. The Bertz CT molecular complexity index is 467. The third-order valence-electron chi connectivity index (χ3n) is 3.98. The second kappa shape index (κ2) is 5.95. The van der Waals surface area contributed by atoms with E-state index in [0.29, 0.717) is 11.3 Å². The molecule has 1 aliphatic carbocycles. The van der Waals surface area contributed by atoms with Crippen LogP contribution in [0.5, 0.6) is 0 Å². The molecule has 1 aromatic rings. The first kappa shape index (κ1) is 14.4. The Morgan fingerprint density at radius 1 is 1.37 bits per heavy atom. The summed E-state index contributed by atoms with van der Waals surface area (Å²) in [6, 6.07) is 5.24. The predicted octanol–water partition coefficient (Wildman–Crippen LogP) is 4.53. The molecule has 1 saturated carbocycles. The van der Waals surface area contributed by atoms with Crippen molar-refractivity contribution in [1.29, 1.82) is 0 Å². The molecule has 2 rings (SSSR count). The van der Waals surface area contributed by atoms with E-state index < -0.39 is 5.97 Å². The Morgan fingerprint density at radius 2 is 2.05 bits per heavy atom. The number of aromatic carboxylic acids is 1. The van der Waals surface area contributed by atoms with Gasteiger partial charge in [-0.25, -0.2) is 4.79 Å². The molecular formula is C15H20BrNO2. The number of rotatable bonds is 4. The van der Waals surface area contributed by atoms with Gasteiger partial charge in [0, 0.05) is 16.7 Å². The van der Waals surface area contributed by atoms with Gasteiger partial charge in [-0.2, -0.15) is 0 Å². The zero-order chi connectivity index (χ0) is 13.9. The molecule has 1 aromatic carbocycles. The van der Waals surface area contributed by atoms with Crippen LogP contribution in [-0.4, -0.2) is 17.6 Å². The highest BCUT2D eigenvalue weighted by atomic mass is 79.9. The molecular weight excluding hydrogens is 306 g/mol. The molecule has 0 radical (unpaired) electrons. The molecule has 4 heteroatoms. The van der Waals surface area contributed by atoms with Crippen molar-refractivity contribution in [2.24, 2.45) is 5.41 Å². The van der Waals surface area contributed by atoms with Gasteiger partial charge in [-0.3, -0.25) is 0 Å². The summed E-state index contributed by atoms with van der Waals surface area (Å²) in [4.78, 5) is 11.2. The highest BCUT2D eigenvalue weighted by Gasteiger charge is 2.26. The fourth-order valence-corrected chi connectivity index (χ4v) is 3.10. The minimum atomic E-state index is -0.885. The minimum Gasteiger partial charge on any atom is -0.478 e. The molecule has 1 aliphatic rings. The normalized spacial score (nSPS) is 18.0. The first-order valence-corrected chi connectivity index (χ1v) is 7.56. The van der Waals surface area contributed by atoms with E-state index >= 15 is 0 Å². The van der Waals surface area contributed by atoms with E-state index in [1.165, 1.54) is 32.1 Å². The number of anilines is 1. The van der Waals surface area contributed by atoms with Crippen LogP contribution in [0.3, 0.4) is 0 Å². The van der Waals surface area contributed by atoms with Gasteiger partial charge in [0.2, 0.25) is 0 Å². The fraction of sp³-hybridized carbons (Fsp3) is 0.533. The number of carbonyl (C=O) groups is 1. The lowest BCUT2D eigenvalue weighted by Gasteiger charge is -2.34. The van der Waals surface area contributed by atoms with E-state index in [0.717, 1.165) is 11.0 Å². The Morgan fingerprint density at radius 3 is 2.68 bits per heavy atom. The van der Waals surface area contributed by atoms with Crippen LogP contribution in [0, 0.1) is 5.41 Å². The lowest BCUT2D eigenvalue weighted by molar-refractivity contribution is 0.0697. The third-order valence-corrected chi connectivity index (χ3v) is 4.47. The van der Waals surface area contributed by atoms with Crippen molar-refractivity contribution in [2.45, 2.75) is 39.0 Å². The SMILES string of the molecule is CC1(CNc2cc(Br)ccc2C(=O)O)CCCCC1. The van der Waals surface area contributed by atoms with Gasteiger partial charge in [0.1, 0.15) is 0 Å². The van der Waals surface area contributed by atoms with Crippen molar-refractivity contribution >= 4 is 27.6 Å². The summed E-state index contributed by atoms with van der Waals surface area (Å²) < 4.78 is 0.897. The van der Waals surface area contributed by atoms with E-state index in [9.17, 15) is 9.90 Å². The Hall–Kier alpha value is -1.03. The number of halogens is 1. The highest BCUT2D eigenvalue weighted by molar-refractivity contribution is 9.10. The molecule has 0 spiro atoms. The second-order valence-corrected chi connectivity index (χ2v) is 6.64. The number of nitrogens with one attached hydrogen (secondary N) is 1. The van der Waals surface area contributed by atoms with E-state index in [-0.39, 0.29) is 5.41 Å². The molecule has 0 unspecified atom stereocenters. The Labute approximate surface area is 122 Å². The van der Waals surface area contributed by atoms with Gasteiger partial charge in [-0.1, -0.05) is 42.1 Å². The first-order chi connectivity index (χ1) is 9.00. The average Bonchev–Trinajstić information content (AvgIpc) is 2.37. The van der Waals surface area contributed by atoms with Crippen LogP contribution < -0.4 is 5.32 Å². The standard InChI is InChI=1S/C15H20BrNO2/c1-15(7-3-2-4-8-15)10-17-13-9-11(16)5-6-12(13)14(18)19/h5-6,9,17H,2-4,7-8,10H2,1H3,(H,18,19). The Kier molecular flexibility index (Phi) is 4.50. The Balaban J connectivity index is 2.10. The molecule has 0 atom stereocenters. The van der Waals surface area contributed by atoms with Crippen LogP contribution in [0.25, 0.3) is 0 Å². The van der Waals surface area contributed by atoms with Gasteiger partial charge in [0.15, 0.2) is 0 Å². The molecule has 0 bridgehead atoms. The van der Waals surface area contributed by atoms with E-state index in [4.69, 9.17) is 0 Å². The summed E-state index contributed by atoms with van der Waals surface area (Å²) >= 11 is 3.39. The van der Waals surface area contributed by atoms with Crippen molar-refractivity contribution in [3.8, 4) is 0 Å². The van der Waals surface area contributed by atoms with E-state index in [1.54, 1.807) is 12.1 Å². The van der Waals surface area contributed by atoms with Gasteiger partial charge in [-0.05, 0) is 36.5 Å². The van der Waals surface area contributed by atoms with Gasteiger partial charge in [0.05, 0.1) is 5.56 Å². The first-order valence-electron chi connectivity index (χ1n) is 6.77. The maximum absolute atomic E-state index is 11.2. The molecule has 0 aliphatic heterocycles. The monoisotopic (exact) mass is 325 g/mol. The van der Waals surface area contributed by atoms with Crippen LogP contribution in [0.1, 0.15) is 49.4 Å². The minimum absolute atomic E-state index is 0.288. The maximum atomic E-state index is 11.2. The topological polar surface area (TPSA) is 49.3 Å². The van der Waals surface area contributed by atoms with Gasteiger partial charge in [0.25, 0.3) is 0 Å². The fourth-order valence-electron chi connectivity index (χ4n) is 2.74. The number of carboxylic acids is 1. The third kappa shape index (κ3) is 3.72. The quantitative estimate of drug-likeness (QED) is 0.855. The van der Waals surface area contributed by atoms with Crippen LogP contribution >= 0.6 is 15.9 Å². The lowest BCUT2D eigenvalue weighted by Crippen LogP contribution is -2.29. The molecule has 104 valence electrons. The summed E-state index contributed by atoms with van der Waals surface area (Å²) in [5.74, 6) is -0.885. The largest absolute Gasteiger partial charge is 0.478 e. The molecule has 1 fully saturated rings.